The number of benzene rings is 1. The normalized spacial score (nSPS) is 10.3. The zero-order valence-electron chi connectivity index (χ0n) is 9.63. The van der Waals surface area contributed by atoms with Crippen molar-refractivity contribution >= 4 is 17.6 Å². The van der Waals surface area contributed by atoms with E-state index < -0.39 is 5.97 Å². The first-order chi connectivity index (χ1) is 8.56. The lowest BCUT2D eigenvalue weighted by Gasteiger charge is -2.06. The first-order valence-electron chi connectivity index (χ1n) is 5.20. The molecule has 0 saturated heterocycles. The number of nitrogens with zero attached hydrogens (tertiary/aromatic N) is 2. The summed E-state index contributed by atoms with van der Waals surface area (Å²) >= 11 is 5.76. The fourth-order valence-electron chi connectivity index (χ4n) is 1.46. The van der Waals surface area contributed by atoms with Crippen molar-refractivity contribution < 1.29 is 14.6 Å². The number of aromatic nitrogens is 2. The second kappa shape index (κ2) is 5.10. The average molecular weight is 267 g/mol. The summed E-state index contributed by atoms with van der Waals surface area (Å²) < 4.78 is 7.12. The van der Waals surface area contributed by atoms with Gasteiger partial charge in [-0.15, -0.1) is 0 Å². The van der Waals surface area contributed by atoms with Crippen molar-refractivity contribution in [2.45, 2.75) is 6.61 Å². The highest BCUT2D eigenvalue weighted by molar-refractivity contribution is 6.33. The van der Waals surface area contributed by atoms with E-state index in [1.165, 1.54) is 12.1 Å². The van der Waals surface area contributed by atoms with Crippen LogP contribution in [0.15, 0.2) is 30.5 Å². The maximum absolute atomic E-state index is 10.9. The highest BCUT2D eigenvalue weighted by Gasteiger charge is 2.10. The monoisotopic (exact) mass is 266 g/mol. The molecule has 94 valence electrons. The fourth-order valence-corrected chi connectivity index (χ4v) is 1.65. The predicted molar refractivity (Wildman–Crippen MR) is 66.0 cm³/mol. The largest absolute Gasteiger partial charge is 0.487 e. The molecule has 1 aromatic carbocycles. The number of carbonyl (C=O) groups is 1. The quantitative estimate of drug-likeness (QED) is 0.923. The van der Waals surface area contributed by atoms with E-state index in [9.17, 15) is 4.79 Å². The summed E-state index contributed by atoms with van der Waals surface area (Å²) in [7, 11) is 1.81. The number of carboxylic acid groups (broad SMARTS) is 1. The number of hydrogen-bond acceptors (Lipinski definition) is 3. The molecule has 0 amide bonds. The van der Waals surface area contributed by atoms with Gasteiger partial charge in [-0.3, -0.25) is 4.68 Å². The van der Waals surface area contributed by atoms with Crippen LogP contribution in [0.4, 0.5) is 0 Å². The smallest absolute Gasteiger partial charge is 0.337 e. The fraction of sp³-hybridized carbons (Fsp3) is 0.167. The van der Waals surface area contributed by atoms with Crippen molar-refractivity contribution in [2.24, 2.45) is 7.05 Å². The van der Waals surface area contributed by atoms with Gasteiger partial charge in [0.1, 0.15) is 12.4 Å². The van der Waals surface area contributed by atoms with Gasteiger partial charge in [-0.2, -0.15) is 5.10 Å². The minimum atomic E-state index is -1.08. The van der Waals surface area contributed by atoms with Crippen LogP contribution in [0.3, 0.4) is 0 Å². The summed E-state index contributed by atoms with van der Waals surface area (Å²) in [5.41, 5.74) is 0.791. The van der Waals surface area contributed by atoms with Gasteiger partial charge in [0.2, 0.25) is 0 Å². The molecule has 1 heterocycles. The lowest BCUT2D eigenvalue weighted by atomic mass is 10.2. The lowest BCUT2D eigenvalue weighted by Crippen LogP contribution is -2.01. The molecule has 0 unspecified atom stereocenters. The number of carboxylic acids is 1. The Morgan fingerprint density at radius 2 is 2.28 bits per heavy atom. The molecule has 5 nitrogen and oxygen atoms in total. The first-order valence-corrected chi connectivity index (χ1v) is 5.58. The van der Waals surface area contributed by atoms with Crippen molar-refractivity contribution in [2.75, 3.05) is 0 Å². The van der Waals surface area contributed by atoms with Gasteiger partial charge >= 0.3 is 5.97 Å². The van der Waals surface area contributed by atoms with E-state index in [1.807, 2.05) is 19.3 Å². The molecule has 0 fully saturated rings. The van der Waals surface area contributed by atoms with Gasteiger partial charge in [-0.1, -0.05) is 11.6 Å². The Morgan fingerprint density at radius 3 is 2.89 bits per heavy atom. The number of ether oxygens (including phenoxy) is 1. The van der Waals surface area contributed by atoms with Crippen LogP contribution >= 0.6 is 11.6 Å². The van der Waals surface area contributed by atoms with Crippen LogP contribution in [-0.4, -0.2) is 20.9 Å². The van der Waals surface area contributed by atoms with E-state index in [0.717, 1.165) is 5.69 Å². The minimum absolute atomic E-state index is 0.0233. The molecule has 1 aromatic heterocycles. The SMILES string of the molecule is Cn1ccc(COc2ccc(Cl)c(C(=O)O)c2)n1. The van der Waals surface area contributed by atoms with Gasteiger partial charge in [0, 0.05) is 13.2 Å². The second-order valence-electron chi connectivity index (χ2n) is 3.72. The second-order valence-corrected chi connectivity index (χ2v) is 4.12. The van der Waals surface area contributed by atoms with Crippen molar-refractivity contribution in [1.82, 2.24) is 9.78 Å². The highest BCUT2D eigenvalue weighted by atomic mass is 35.5. The maximum Gasteiger partial charge on any atom is 0.337 e. The molecule has 0 radical (unpaired) electrons. The van der Waals surface area contributed by atoms with Gasteiger partial charge in [0.05, 0.1) is 16.3 Å². The lowest BCUT2D eigenvalue weighted by molar-refractivity contribution is 0.0696. The van der Waals surface area contributed by atoms with E-state index >= 15 is 0 Å². The van der Waals surface area contributed by atoms with Gasteiger partial charge in [0.25, 0.3) is 0 Å². The molecule has 0 aliphatic rings. The Balaban J connectivity index is 2.10. The predicted octanol–water partition coefficient (Wildman–Crippen LogP) is 2.35. The minimum Gasteiger partial charge on any atom is -0.487 e. The molecule has 2 rings (SSSR count). The zero-order chi connectivity index (χ0) is 13.1. The van der Waals surface area contributed by atoms with Crippen molar-refractivity contribution in [3.05, 3.63) is 46.7 Å². The van der Waals surface area contributed by atoms with Gasteiger partial charge in [-0.25, -0.2) is 4.79 Å². The van der Waals surface area contributed by atoms with E-state index in [-0.39, 0.29) is 17.2 Å². The molecular formula is C12H11ClN2O3. The van der Waals surface area contributed by atoms with Crippen LogP contribution in [0.1, 0.15) is 16.1 Å². The van der Waals surface area contributed by atoms with Crippen LogP contribution in [0.25, 0.3) is 0 Å². The topological polar surface area (TPSA) is 64.3 Å². The molecule has 0 atom stereocenters. The molecule has 0 saturated carbocycles. The van der Waals surface area contributed by atoms with E-state index in [1.54, 1.807) is 10.7 Å². The number of aryl methyl sites for hydroxylation is 1. The summed E-state index contributed by atoms with van der Waals surface area (Å²) in [6.45, 7) is 0.279. The molecule has 1 N–H and O–H groups in total. The number of halogens is 1. The van der Waals surface area contributed by atoms with Crippen molar-refractivity contribution in [1.29, 1.82) is 0 Å². The summed E-state index contributed by atoms with van der Waals surface area (Å²) in [5, 5.41) is 13.3. The summed E-state index contributed by atoms with van der Waals surface area (Å²) in [6.07, 6.45) is 1.81. The number of rotatable bonds is 4. The van der Waals surface area contributed by atoms with Gasteiger partial charge in [0.15, 0.2) is 0 Å². The molecule has 0 bridgehead atoms. The Hall–Kier alpha value is -2.01. The standard InChI is InChI=1S/C12H11ClN2O3/c1-15-5-4-8(14-15)7-18-9-2-3-11(13)10(6-9)12(16)17/h2-6H,7H2,1H3,(H,16,17). The van der Waals surface area contributed by atoms with Gasteiger partial charge in [-0.05, 0) is 24.3 Å². The Morgan fingerprint density at radius 1 is 1.50 bits per heavy atom. The Bertz CT molecular complexity index is 580. The van der Waals surface area contributed by atoms with Crippen molar-refractivity contribution in [3.63, 3.8) is 0 Å². The molecule has 0 aliphatic heterocycles. The van der Waals surface area contributed by atoms with E-state index in [2.05, 4.69) is 5.10 Å². The van der Waals surface area contributed by atoms with Crippen LogP contribution in [0, 0.1) is 0 Å². The average Bonchev–Trinajstić information content (AvgIpc) is 2.74. The number of aromatic carboxylic acids is 1. The van der Waals surface area contributed by atoms with E-state index in [4.69, 9.17) is 21.4 Å². The Labute approximate surface area is 109 Å². The van der Waals surface area contributed by atoms with Gasteiger partial charge < -0.3 is 9.84 Å². The van der Waals surface area contributed by atoms with Crippen molar-refractivity contribution in [3.8, 4) is 5.75 Å². The molecule has 0 spiro atoms. The summed E-state index contributed by atoms with van der Waals surface area (Å²) in [4.78, 5) is 10.9. The van der Waals surface area contributed by atoms with Crippen LogP contribution < -0.4 is 4.74 Å². The van der Waals surface area contributed by atoms with Crippen LogP contribution in [0.5, 0.6) is 5.75 Å². The Kier molecular flexibility index (Phi) is 3.53. The number of hydrogen-bond donors (Lipinski definition) is 1. The third-order valence-electron chi connectivity index (χ3n) is 2.32. The molecule has 6 heteroatoms. The molecule has 18 heavy (non-hydrogen) atoms. The maximum atomic E-state index is 10.9. The summed E-state index contributed by atoms with van der Waals surface area (Å²) in [6, 6.07) is 6.35. The highest BCUT2D eigenvalue weighted by Crippen LogP contribution is 2.22. The molecule has 0 aliphatic carbocycles. The zero-order valence-corrected chi connectivity index (χ0v) is 10.4. The first kappa shape index (κ1) is 12.4. The molecule has 2 aromatic rings. The third kappa shape index (κ3) is 2.81. The van der Waals surface area contributed by atoms with Crippen LogP contribution in [0.2, 0.25) is 5.02 Å². The van der Waals surface area contributed by atoms with E-state index in [0.29, 0.717) is 5.75 Å². The van der Waals surface area contributed by atoms with Crippen LogP contribution in [-0.2, 0) is 13.7 Å². The third-order valence-corrected chi connectivity index (χ3v) is 2.65. The molecular weight excluding hydrogens is 256 g/mol. The summed E-state index contributed by atoms with van der Waals surface area (Å²) in [5.74, 6) is -0.634.